The molecule has 1 aromatic carbocycles. The molecule has 1 atom stereocenters. The van der Waals surface area contributed by atoms with Crippen molar-refractivity contribution in [1.29, 1.82) is 0 Å². The molecule has 1 aromatic rings. The lowest BCUT2D eigenvalue weighted by molar-refractivity contribution is -0.141. The van der Waals surface area contributed by atoms with Gasteiger partial charge in [0.25, 0.3) is 0 Å². The number of carbonyl (C=O) groups is 1. The number of anilines is 1. The van der Waals surface area contributed by atoms with Crippen LogP contribution in [-0.2, 0) is 4.79 Å². The van der Waals surface area contributed by atoms with Crippen molar-refractivity contribution in [3.05, 3.63) is 23.3 Å². The van der Waals surface area contributed by atoms with E-state index in [0.717, 1.165) is 22.6 Å². The van der Waals surface area contributed by atoms with Gasteiger partial charge in [0.1, 0.15) is 5.75 Å². The molecule has 0 spiro atoms. The molecule has 0 aromatic heterocycles. The van der Waals surface area contributed by atoms with Crippen LogP contribution in [0.4, 0.5) is 5.69 Å². The van der Waals surface area contributed by atoms with Crippen molar-refractivity contribution in [2.45, 2.75) is 27.2 Å². The maximum Gasteiger partial charge on any atom is 0.308 e. The maximum absolute atomic E-state index is 11.1. The number of hydrogen-bond acceptors (Lipinski definition) is 3. The fourth-order valence-electron chi connectivity index (χ4n) is 2.29. The molecule has 1 unspecified atom stereocenters. The third-order valence-corrected chi connectivity index (χ3v) is 3.35. The van der Waals surface area contributed by atoms with E-state index < -0.39 is 5.97 Å². The zero-order valence-electron chi connectivity index (χ0n) is 12.4. The summed E-state index contributed by atoms with van der Waals surface area (Å²) in [6, 6.07) is 4.09. The lowest BCUT2D eigenvalue weighted by atomic mass is 10.0. The molecule has 0 fully saturated rings. The monoisotopic (exact) mass is 265 g/mol. The van der Waals surface area contributed by atoms with Crippen molar-refractivity contribution in [2.75, 3.05) is 25.6 Å². The maximum atomic E-state index is 11.1. The molecule has 0 bridgehead atoms. The third-order valence-electron chi connectivity index (χ3n) is 3.35. The van der Waals surface area contributed by atoms with Gasteiger partial charge in [-0.15, -0.1) is 0 Å². The molecule has 0 aliphatic heterocycles. The topological polar surface area (TPSA) is 49.8 Å². The van der Waals surface area contributed by atoms with Crippen molar-refractivity contribution in [3.8, 4) is 5.75 Å². The van der Waals surface area contributed by atoms with Gasteiger partial charge in [0.15, 0.2) is 0 Å². The van der Waals surface area contributed by atoms with E-state index in [1.807, 2.05) is 38.8 Å². The van der Waals surface area contributed by atoms with E-state index in [2.05, 4.69) is 6.07 Å². The number of methoxy groups -OCH3 is 1. The van der Waals surface area contributed by atoms with Crippen LogP contribution in [0.3, 0.4) is 0 Å². The summed E-state index contributed by atoms with van der Waals surface area (Å²) in [6.45, 7) is 6.40. The number of benzene rings is 1. The van der Waals surface area contributed by atoms with E-state index in [9.17, 15) is 4.79 Å². The summed E-state index contributed by atoms with van der Waals surface area (Å²) in [5.74, 6) is -0.304. The molecule has 19 heavy (non-hydrogen) atoms. The molecule has 4 heteroatoms. The van der Waals surface area contributed by atoms with E-state index in [-0.39, 0.29) is 5.92 Å². The van der Waals surface area contributed by atoms with Gasteiger partial charge in [0.05, 0.1) is 18.7 Å². The summed E-state index contributed by atoms with van der Waals surface area (Å²) in [5.41, 5.74) is 3.15. The van der Waals surface area contributed by atoms with Gasteiger partial charge in [-0.05, 0) is 37.5 Å². The van der Waals surface area contributed by atoms with Gasteiger partial charge in [-0.3, -0.25) is 4.79 Å². The fourth-order valence-corrected chi connectivity index (χ4v) is 2.29. The number of hydrogen-bond donors (Lipinski definition) is 1. The predicted molar refractivity (Wildman–Crippen MR) is 77.2 cm³/mol. The molecule has 0 heterocycles. The van der Waals surface area contributed by atoms with Crippen molar-refractivity contribution in [2.24, 2.45) is 5.92 Å². The molecule has 0 saturated heterocycles. The van der Waals surface area contributed by atoms with Gasteiger partial charge < -0.3 is 14.7 Å². The zero-order chi connectivity index (χ0) is 14.6. The summed E-state index contributed by atoms with van der Waals surface area (Å²) < 4.78 is 5.44. The van der Waals surface area contributed by atoms with Gasteiger partial charge in [0, 0.05) is 13.6 Å². The van der Waals surface area contributed by atoms with Crippen LogP contribution in [0, 0.1) is 19.8 Å². The SMILES string of the molecule is CCC(CN(C)c1cc(C)cc(C)c1OC)C(=O)O. The van der Waals surface area contributed by atoms with Gasteiger partial charge in [-0.1, -0.05) is 13.0 Å². The molecule has 4 nitrogen and oxygen atoms in total. The molecule has 1 N–H and O–H groups in total. The first-order valence-corrected chi connectivity index (χ1v) is 6.49. The minimum Gasteiger partial charge on any atom is -0.494 e. The number of aliphatic carboxylic acids is 1. The van der Waals surface area contributed by atoms with Crippen LogP contribution in [-0.4, -0.2) is 31.8 Å². The Bertz CT molecular complexity index is 457. The Morgan fingerprint density at radius 3 is 2.53 bits per heavy atom. The second kappa shape index (κ2) is 6.45. The standard InChI is InChI=1S/C15H23NO3/c1-6-12(15(17)18)9-16(4)13-8-10(2)7-11(3)14(13)19-5/h7-8,12H,6,9H2,1-5H3,(H,17,18). The highest BCUT2D eigenvalue weighted by Crippen LogP contribution is 2.32. The number of carboxylic acids is 1. The number of ether oxygens (including phenoxy) is 1. The fraction of sp³-hybridized carbons (Fsp3) is 0.533. The van der Waals surface area contributed by atoms with Crippen molar-refractivity contribution in [3.63, 3.8) is 0 Å². The van der Waals surface area contributed by atoms with Crippen LogP contribution >= 0.6 is 0 Å². The van der Waals surface area contributed by atoms with E-state index in [1.54, 1.807) is 7.11 Å². The van der Waals surface area contributed by atoms with E-state index >= 15 is 0 Å². The summed E-state index contributed by atoms with van der Waals surface area (Å²) in [7, 11) is 3.55. The Hall–Kier alpha value is -1.71. The molecule has 0 radical (unpaired) electrons. The average molecular weight is 265 g/mol. The van der Waals surface area contributed by atoms with Crippen LogP contribution in [0.2, 0.25) is 0 Å². The first kappa shape index (κ1) is 15.3. The molecule has 106 valence electrons. The van der Waals surface area contributed by atoms with E-state index in [1.165, 1.54) is 0 Å². The number of carboxylic acid groups (broad SMARTS) is 1. The van der Waals surface area contributed by atoms with Gasteiger partial charge in [-0.2, -0.15) is 0 Å². The van der Waals surface area contributed by atoms with Crippen LogP contribution in [0.25, 0.3) is 0 Å². The molecule has 1 rings (SSSR count). The Kier molecular flexibility index (Phi) is 5.21. The third kappa shape index (κ3) is 3.63. The number of nitrogens with zero attached hydrogens (tertiary/aromatic N) is 1. The van der Waals surface area contributed by atoms with E-state index in [0.29, 0.717) is 13.0 Å². The largest absolute Gasteiger partial charge is 0.494 e. The summed E-state index contributed by atoms with van der Waals surface area (Å²) in [4.78, 5) is 13.1. The summed E-state index contributed by atoms with van der Waals surface area (Å²) >= 11 is 0. The molecule has 0 amide bonds. The Labute approximate surface area is 115 Å². The Balaban J connectivity index is 3.04. The van der Waals surface area contributed by atoms with Crippen molar-refractivity contribution < 1.29 is 14.6 Å². The predicted octanol–water partition coefficient (Wildman–Crippen LogP) is 2.86. The summed E-state index contributed by atoms with van der Waals surface area (Å²) in [5, 5.41) is 9.15. The summed E-state index contributed by atoms with van der Waals surface area (Å²) in [6.07, 6.45) is 0.618. The zero-order valence-corrected chi connectivity index (χ0v) is 12.4. The van der Waals surface area contributed by atoms with E-state index in [4.69, 9.17) is 9.84 Å². The van der Waals surface area contributed by atoms with Crippen molar-refractivity contribution >= 4 is 11.7 Å². The van der Waals surface area contributed by atoms with Crippen LogP contribution in [0.15, 0.2) is 12.1 Å². The highest BCUT2D eigenvalue weighted by Gasteiger charge is 2.20. The lowest BCUT2D eigenvalue weighted by Gasteiger charge is -2.26. The quantitative estimate of drug-likeness (QED) is 0.859. The van der Waals surface area contributed by atoms with Gasteiger partial charge in [-0.25, -0.2) is 0 Å². The molecular weight excluding hydrogens is 242 g/mol. The van der Waals surface area contributed by atoms with Crippen molar-refractivity contribution in [1.82, 2.24) is 0 Å². The number of rotatable bonds is 6. The highest BCUT2D eigenvalue weighted by atomic mass is 16.5. The first-order valence-electron chi connectivity index (χ1n) is 6.49. The van der Waals surface area contributed by atoms with Crippen LogP contribution < -0.4 is 9.64 Å². The molecule has 0 saturated carbocycles. The lowest BCUT2D eigenvalue weighted by Crippen LogP contribution is -2.30. The molecule has 0 aliphatic carbocycles. The minimum atomic E-state index is -0.752. The first-order chi connectivity index (χ1) is 8.90. The van der Waals surface area contributed by atoms with Crippen LogP contribution in [0.1, 0.15) is 24.5 Å². The molecule has 0 aliphatic rings. The number of aryl methyl sites for hydroxylation is 2. The average Bonchev–Trinajstić information content (AvgIpc) is 2.34. The van der Waals surface area contributed by atoms with Gasteiger partial charge in [0.2, 0.25) is 0 Å². The molecular formula is C15H23NO3. The Morgan fingerprint density at radius 1 is 1.42 bits per heavy atom. The second-order valence-corrected chi connectivity index (χ2v) is 4.96. The Morgan fingerprint density at radius 2 is 2.05 bits per heavy atom. The second-order valence-electron chi connectivity index (χ2n) is 4.96. The normalized spacial score (nSPS) is 12.1. The van der Waals surface area contributed by atoms with Crippen LogP contribution in [0.5, 0.6) is 5.75 Å². The smallest absolute Gasteiger partial charge is 0.308 e. The van der Waals surface area contributed by atoms with Gasteiger partial charge >= 0.3 is 5.97 Å². The minimum absolute atomic E-state index is 0.365. The highest BCUT2D eigenvalue weighted by molar-refractivity contribution is 5.71.